The van der Waals surface area contributed by atoms with E-state index in [1.165, 1.54) is 12.8 Å². The van der Waals surface area contributed by atoms with Gasteiger partial charge in [0.2, 0.25) is 0 Å². The number of pyridine rings is 1. The van der Waals surface area contributed by atoms with Crippen LogP contribution in [0.25, 0.3) is 0 Å². The molecular formula is C14H19BBrNO2. The Kier molecular flexibility index (Phi) is 3.08. The first-order valence-electron chi connectivity index (χ1n) is 6.82. The number of hydrogen-bond acceptors (Lipinski definition) is 3. The van der Waals surface area contributed by atoms with Gasteiger partial charge in [-0.25, -0.2) is 0 Å². The van der Waals surface area contributed by atoms with E-state index in [0.29, 0.717) is 5.92 Å². The molecule has 19 heavy (non-hydrogen) atoms. The van der Waals surface area contributed by atoms with Gasteiger partial charge in [-0.3, -0.25) is 4.98 Å². The number of aromatic nitrogens is 1. The molecule has 1 saturated heterocycles. The van der Waals surface area contributed by atoms with Crippen LogP contribution in [0.15, 0.2) is 16.7 Å². The summed E-state index contributed by atoms with van der Waals surface area (Å²) < 4.78 is 13.3. The molecule has 3 nitrogen and oxygen atoms in total. The summed E-state index contributed by atoms with van der Waals surface area (Å²) in [5.74, 6) is 0.608. The quantitative estimate of drug-likeness (QED) is 0.784. The van der Waals surface area contributed by atoms with Crippen molar-refractivity contribution in [2.45, 2.75) is 57.7 Å². The Morgan fingerprint density at radius 1 is 1.21 bits per heavy atom. The van der Waals surface area contributed by atoms with Gasteiger partial charge in [0.05, 0.1) is 16.9 Å². The van der Waals surface area contributed by atoms with E-state index in [1.807, 2.05) is 12.3 Å². The molecule has 0 amide bonds. The molecule has 1 aliphatic carbocycles. The lowest BCUT2D eigenvalue weighted by molar-refractivity contribution is 0.00578. The fourth-order valence-corrected chi connectivity index (χ4v) is 3.01. The van der Waals surface area contributed by atoms with E-state index in [2.05, 4.69) is 48.6 Å². The summed E-state index contributed by atoms with van der Waals surface area (Å²) in [5, 5.41) is 0. The van der Waals surface area contributed by atoms with E-state index in [-0.39, 0.29) is 18.3 Å². The molecule has 2 heterocycles. The zero-order valence-electron chi connectivity index (χ0n) is 11.9. The fourth-order valence-electron chi connectivity index (χ4n) is 2.27. The molecular weight excluding hydrogens is 305 g/mol. The van der Waals surface area contributed by atoms with Crippen LogP contribution in [0.1, 0.15) is 52.1 Å². The zero-order chi connectivity index (χ0) is 13.8. The predicted octanol–water partition coefficient (Wildman–Crippen LogP) is 3.02. The molecule has 102 valence electrons. The molecule has 0 atom stereocenters. The Bertz CT molecular complexity index is 498. The lowest BCUT2D eigenvalue weighted by atomic mass is 9.79. The topological polar surface area (TPSA) is 31.4 Å². The first kappa shape index (κ1) is 13.6. The Hall–Kier alpha value is -0.385. The van der Waals surface area contributed by atoms with E-state index in [9.17, 15) is 0 Å². The van der Waals surface area contributed by atoms with Gasteiger partial charge in [0, 0.05) is 16.6 Å². The van der Waals surface area contributed by atoms with Gasteiger partial charge < -0.3 is 9.31 Å². The minimum absolute atomic E-state index is 0.305. The summed E-state index contributed by atoms with van der Waals surface area (Å²) in [6.45, 7) is 8.29. The number of nitrogens with zero attached hydrogens (tertiary/aromatic N) is 1. The van der Waals surface area contributed by atoms with Crippen LogP contribution in [-0.4, -0.2) is 23.3 Å². The molecule has 0 spiro atoms. The maximum atomic E-state index is 6.11. The van der Waals surface area contributed by atoms with Crippen LogP contribution >= 0.6 is 15.9 Å². The van der Waals surface area contributed by atoms with Gasteiger partial charge >= 0.3 is 7.12 Å². The number of rotatable bonds is 2. The third-order valence-electron chi connectivity index (χ3n) is 4.42. The monoisotopic (exact) mass is 323 g/mol. The minimum Gasteiger partial charge on any atom is -0.399 e. The van der Waals surface area contributed by atoms with Crippen molar-refractivity contribution in [1.82, 2.24) is 4.98 Å². The summed E-state index contributed by atoms with van der Waals surface area (Å²) >= 11 is 3.68. The minimum atomic E-state index is -0.320. The summed E-state index contributed by atoms with van der Waals surface area (Å²) in [7, 11) is -0.320. The van der Waals surface area contributed by atoms with Gasteiger partial charge in [-0.15, -0.1) is 0 Å². The highest BCUT2D eigenvalue weighted by Gasteiger charge is 2.52. The maximum absolute atomic E-state index is 6.11. The molecule has 2 aliphatic rings. The Morgan fingerprint density at radius 2 is 1.79 bits per heavy atom. The third-order valence-corrected chi connectivity index (χ3v) is 5.28. The van der Waals surface area contributed by atoms with Crippen molar-refractivity contribution in [2.75, 3.05) is 0 Å². The molecule has 1 saturated carbocycles. The third kappa shape index (κ3) is 2.26. The van der Waals surface area contributed by atoms with Gasteiger partial charge in [0.25, 0.3) is 0 Å². The highest BCUT2D eigenvalue weighted by Crippen LogP contribution is 2.42. The molecule has 5 heteroatoms. The predicted molar refractivity (Wildman–Crippen MR) is 79.6 cm³/mol. The first-order valence-corrected chi connectivity index (χ1v) is 7.61. The smallest absolute Gasteiger partial charge is 0.399 e. The Labute approximate surface area is 123 Å². The largest absolute Gasteiger partial charge is 0.496 e. The average Bonchev–Trinajstić information content (AvgIpc) is 3.08. The second-order valence-corrected chi connectivity index (χ2v) is 7.25. The summed E-state index contributed by atoms with van der Waals surface area (Å²) in [6.07, 6.45) is 4.33. The first-order chi connectivity index (χ1) is 8.82. The summed E-state index contributed by atoms with van der Waals surface area (Å²) in [5.41, 5.74) is 1.59. The Morgan fingerprint density at radius 3 is 2.32 bits per heavy atom. The van der Waals surface area contributed by atoms with Crippen LogP contribution in [0.4, 0.5) is 0 Å². The normalized spacial score (nSPS) is 24.8. The van der Waals surface area contributed by atoms with Crippen LogP contribution in [0, 0.1) is 0 Å². The van der Waals surface area contributed by atoms with Gasteiger partial charge in [-0.2, -0.15) is 0 Å². The zero-order valence-corrected chi connectivity index (χ0v) is 13.5. The molecule has 0 radical (unpaired) electrons. The maximum Gasteiger partial charge on any atom is 0.496 e. The van der Waals surface area contributed by atoms with Crippen LogP contribution < -0.4 is 5.46 Å². The van der Waals surface area contributed by atoms with Crippen molar-refractivity contribution in [3.05, 3.63) is 22.4 Å². The van der Waals surface area contributed by atoms with Crippen molar-refractivity contribution < 1.29 is 9.31 Å². The lowest BCUT2D eigenvalue weighted by Gasteiger charge is -2.32. The molecule has 0 bridgehead atoms. The van der Waals surface area contributed by atoms with Crippen molar-refractivity contribution in [1.29, 1.82) is 0 Å². The van der Waals surface area contributed by atoms with Crippen molar-refractivity contribution >= 4 is 28.5 Å². The average molecular weight is 324 g/mol. The van der Waals surface area contributed by atoms with E-state index >= 15 is 0 Å². The van der Waals surface area contributed by atoms with E-state index in [1.54, 1.807) is 0 Å². The SMILES string of the molecule is CC1(C)OB(c2ccnc(C3CC3)c2Br)OC1(C)C. The highest BCUT2D eigenvalue weighted by atomic mass is 79.9. The van der Waals surface area contributed by atoms with Crippen LogP contribution in [0.2, 0.25) is 0 Å². The van der Waals surface area contributed by atoms with Crippen molar-refractivity contribution in [3.8, 4) is 0 Å². The molecule has 0 unspecified atom stereocenters. The van der Waals surface area contributed by atoms with Gasteiger partial charge in [0.15, 0.2) is 0 Å². The molecule has 0 aromatic carbocycles. The van der Waals surface area contributed by atoms with Gasteiger partial charge in [-0.1, -0.05) is 0 Å². The van der Waals surface area contributed by atoms with Gasteiger partial charge in [-0.05, 0) is 68.0 Å². The van der Waals surface area contributed by atoms with Crippen LogP contribution in [0.3, 0.4) is 0 Å². The van der Waals surface area contributed by atoms with Crippen molar-refractivity contribution in [2.24, 2.45) is 0 Å². The molecule has 1 aromatic heterocycles. The molecule has 0 N–H and O–H groups in total. The second kappa shape index (κ2) is 4.30. The van der Waals surface area contributed by atoms with E-state index in [4.69, 9.17) is 9.31 Å². The van der Waals surface area contributed by atoms with E-state index in [0.717, 1.165) is 15.6 Å². The lowest BCUT2D eigenvalue weighted by Crippen LogP contribution is -2.41. The highest BCUT2D eigenvalue weighted by molar-refractivity contribution is 9.10. The summed E-state index contributed by atoms with van der Waals surface area (Å²) in [6, 6.07) is 1.98. The number of hydrogen-bond donors (Lipinski definition) is 0. The van der Waals surface area contributed by atoms with Gasteiger partial charge in [0.1, 0.15) is 0 Å². The fraction of sp³-hybridized carbons (Fsp3) is 0.643. The van der Waals surface area contributed by atoms with Crippen LogP contribution in [0.5, 0.6) is 0 Å². The molecule has 1 aromatic rings. The van der Waals surface area contributed by atoms with Crippen LogP contribution in [-0.2, 0) is 9.31 Å². The molecule has 3 rings (SSSR count). The standard InChI is InChI=1S/C14H19BBrNO2/c1-13(2)14(3,4)19-15(18-13)10-7-8-17-12(11(10)16)9-5-6-9/h7-9H,5-6H2,1-4H3. The summed E-state index contributed by atoms with van der Waals surface area (Å²) in [4.78, 5) is 4.49. The van der Waals surface area contributed by atoms with Crippen molar-refractivity contribution in [3.63, 3.8) is 0 Å². The number of halogens is 1. The molecule has 1 aliphatic heterocycles. The van der Waals surface area contributed by atoms with E-state index < -0.39 is 0 Å². The molecule has 2 fully saturated rings. The second-order valence-electron chi connectivity index (χ2n) is 6.46. The Balaban J connectivity index is 1.94.